The summed E-state index contributed by atoms with van der Waals surface area (Å²) >= 11 is 0. The molecule has 0 radical (unpaired) electrons. The van der Waals surface area contributed by atoms with Crippen molar-refractivity contribution in [3.05, 3.63) is 33.9 Å². The van der Waals surface area contributed by atoms with Crippen LogP contribution in [0.3, 0.4) is 0 Å². The maximum absolute atomic E-state index is 10.5. The molecular weight excluding hydrogens is 213 g/mol. The van der Waals surface area contributed by atoms with Crippen LogP contribution in [-0.4, -0.2) is 18.0 Å². The fraction of sp³-hybridized carbons (Fsp3) is 0.125. The van der Waals surface area contributed by atoms with Crippen molar-refractivity contribution in [3.8, 4) is 5.75 Å². The van der Waals surface area contributed by atoms with Gasteiger partial charge in [0.1, 0.15) is 5.75 Å². The number of carbonyl (C=O) groups excluding carboxylic acids is 1. The molecule has 0 aliphatic heterocycles. The van der Waals surface area contributed by atoms with Gasteiger partial charge in [0.25, 0.3) is 5.69 Å². The third kappa shape index (κ3) is 3.19. The summed E-state index contributed by atoms with van der Waals surface area (Å²) < 4.78 is 4.70. The third-order valence-corrected chi connectivity index (χ3v) is 1.61. The number of hydrogen-bond donors (Lipinski definition) is 0. The SMILES string of the molecule is COc1ccc([N+](=O)[O-])cc1C(=O)[O-].[Na+]. The molecule has 0 saturated heterocycles. The molecule has 0 N–H and O–H groups in total. The molecule has 0 saturated carbocycles. The van der Waals surface area contributed by atoms with Gasteiger partial charge < -0.3 is 14.6 Å². The maximum Gasteiger partial charge on any atom is 1.00 e. The molecule has 74 valence electrons. The standard InChI is InChI=1S/C8H7NO5.Na/c1-14-7-3-2-5(9(12)13)4-6(7)8(10)11;/h2-4H,1H3,(H,10,11);/q;+1/p-1. The first-order valence-electron chi connectivity index (χ1n) is 3.60. The predicted octanol–water partition coefficient (Wildman–Crippen LogP) is -3.03. The topological polar surface area (TPSA) is 92.5 Å². The summed E-state index contributed by atoms with van der Waals surface area (Å²) in [5, 5.41) is 20.9. The molecule has 0 spiro atoms. The number of carboxylic acid groups (broad SMARTS) is 1. The second-order valence-corrected chi connectivity index (χ2v) is 2.43. The largest absolute Gasteiger partial charge is 1.00 e. The van der Waals surface area contributed by atoms with Crippen molar-refractivity contribution >= 4 is 11.7 Å². The van der Waals surface area contributed by atoms with Gasteiger partial charge in [-0.25, -0.2) is 0 Å². The van der Waals surface area contributed by atoms with Crippen LogP contribution in [0, 0.1) is 10.1 Å². The number of nitro benzene ring substituents is 1. The van der Waals surface area contributed by atoms with Crippen LogP contribution in [0.1, 0.15) is 10.4 Å². The molecule has 1 aromatic carbocycles. The molecule has 6 nitrogen and oxygen atoms in total. The average molecular weight is 219 g/mol. The minimum atomic E-state index is -1.51. The maximum atomic E-state index is 10.5. The zero-order valence-electron chi connectivity index (χ0n) is 8.22. The number of benzene rings is 1. The van der Waals surface area contributed by atoms with E-state index in [-0.39, 0.29) is 46.6 Å². The van der Waals surface area contributed by atoms with E-state index in [1.807, 2.05) is 0 Å². The number of carbonyl (C=O) groups is 1. The first-order chi connectivity index (χ1) is 6.56. The number of rotatable bonds is 3. The molecule has 0 unspecified atom stereocenters. The van der Waals surface area contributed by atoms with Gasteiger partial charge in [0, 0.05) is 17.7 Å². The van der Waals surface area contributed by atoms with Crippen LogP contribution in [0.2, 0.25) is 0 Å². The first-order valence-corrected chi connectivity index (χ1v) is 3.60. The predicted molar refractivity (Wildman–Crippen MR) is 44.0 cm³/mol. The quantitative estimate of drug-likeness (QED) is 0.306. The minimum absolute atomic E-state index is 0. The summed E-state index contributed by atoms with van der Waals surface area (Å²) in [5.74, 6) is -1.47. The Morgan fingerprint density at radius 2 is 2.07 bits per heavy atom. The Balaban J connectivity index is 0.00000196. The summed E-state index contributed by atoms with van der Waals surface area (Å²) in [7, 11) is 1.27. The zero-order chi connectivity index (χ0) is 10.7. The van der Waals surface area contributed by atoms with Crippen molar-refractivity contribution in [1.82, 2.24) is 0 Å². The van der Waals surface area contributed by atoms with Crippen LogP contribution < -0.4 is 39.4 Å². The number of nitrogens with zero attached hydrogens (tertiary/aromatic N) is 1. The van der Waals surface area contributed by atoms with Crippen LogP contribution in [-0.2, 0) is 0 Å². The number of carboxylic acids is 1. The monoisotopic (exact) mass is 219 g/mol. The molecule has 15 heavy (non-hydrogen) atoms. The van der Waals surface area contributed by atoms with Gasteiger partial charge in [0.15, 0.2) is 0 Å². The smallest absolute Gasteiger partial charge is 0.545 e. The van der Waals surface area contributed by atoms with Crippen LogP contribution in [0.15, 0.2) is 18.2 Å². The third-order valence-electron chi connectivity index (χ3n) is 1.61. The second-order valence-electron chi connectivity index (χ2n) is 2.43. The molecule has 1 aromatic rings. The van der Waals surface area contributed by atoms with E-state index in [9.17, 15) is 20.0 Å². The molecule has 0 bridgehead atoms. The van der Waals surface area contributed by atoms with E-state index in [1.165, 1.54) is 13.2 Å². The molecular formula is C8H6NNaO5. The number of hydrogen-bond acceptors (Lipinski definition) is 5. The first kappa shape index (κ1) is 13.9. The molecule has 1 rings (SSSR count). The van der Waals surface area contributed by atoms with Crippen molar-refractivity contribution in [1.29, 1.82) is 0 Å². The van der Waals surface area contributed by atoms with Crippen LogP contribution >= 0.6 is 0 Å². The molecule has 0 aliphatic rings. The van der Waals surface area contributed by atoms with E-state index in [2.05, 4.69) is 0 Å². The zero-order valence-corrected chi connectivity index (χ0v) is 10.2. The van der Waals surface area contributed by atoms with E-state index in [0.29, 0.717) is 0 Å². The summed E-state index contributed by atoms with van der Waals surface area (Å²) in [6.45, 7) is 0. The summed E-state index contributed by atoms with van der Waals surface area (Å²) in [4.78, 5) is 20.2. The van der Waals surface area contributed by atoms with E-state index in [0.717, 1.165) is 12.1 Å². The van der Waals surface area contributed by atoms with Crippen LogP contribution in [0.4, 0.5) is 5.69 Å². The Bertz CT molecular complexity index is 393. The van der Waals surface area contributed by atoms with Crippen molar-refractivity contribution < 1.29 is 49.1 Å². The summed E-state index contributed by atoms with van der Waals surface area (Å²) in [6, 6.07) is 3.27. The second kappa shape index (κ2) is 5.69. The Kier molecular flexibility index (Phi) is 5.27. The average Bonchev–Trinajstić information content (AvgIpc) is 2.16. The van der Waals surface area contributed by atoms with Gasteiger partial charge in [-0.05, 0) is 6.07 Å². The van der Waals surface area contributed by atoms with Gasteiger partial charge in [0.05, 0.1) is 18.0 Å². The van der Waals surface area contributed by atoms with E-state index in [4.69, 9.17) is 4.74 Å². The van der Waals surface area contributed by atoms with Gasteiger partial charge >= 0.3 is 29.6 Å². The minimum Gasteiger partial charge on any atom is -0.545 e. The summed E-state index contributed by atoms with van der Waals surface area (Å²) in [5.41, 5.74) is -0.647. The molecule has 0 fully saturated rings. The number of non-ortho nitro benzene ring substituents is 1. The number of ether oxygens (including phenoxy) is 1. The molecule has 0 atom stereocenters. The van der Waals surface area contributed by atoms with Gasteiger partial charge in [0.2, 0.25) is 0 Å². The van der Waals surface area contributed by atoms with Crippen LogP contribution in [0.25, 0.3) is 0 Å². The normalized spacial score (nSPS) is 8.87. The van der Waals surface area contributed by atoms with Gasteiger partial charge in [-0.1, -0.05) is 0 Å². The Labute approximate surface area is 107 Å². The molecule has 0 heterocycles. The molecule has 7 heteroatoms. The van der Waals surface area contributed by atoms with Gasteiger partial charge in [-0.2, -0.15) is 0 Å². The van der Waals surface area contributed by atoms with Crippen molar-refractivity contribution in [2.75, 3.05) is 7.11 Å². The van der Waals surface area contributed by atoms with Crippen molar-refractivity contribution in [2.24, 2.45) is 0 Å². The van der Waals surface area contributed by atoms with E-state index >= 15 is 0 Å². The number of aromatic carboxylic acids is 1. The summed E-state index contributed by atoms with van der Waals surface area (Å²) in [6.07, 6.45) is 0. The number of nitro groups is 1. The number of methoxy groups -OCH3 is 1. The molecule has 0 amide bonds. The van der Waals surface area contributed by atoms with Crippen LogP contribution in [0.5, 0.6) is 5.75 Å². The van der Waals surface area contributed by atoms with E-state index < -0.39 is 10.9 Å². The van der Waals surface area contributed by atoms with Crippen molar-refractivity contribution in [3.63, 3.8) is 0 Å². The Hall–Kier alpha value is -1.11. The van der Waals surface area contributed by atoms with E-state index in [1.54, 1.807) is 0 Å². The molecule has 0 aromatic heterocycles. The molecule has 0 aliphatic carbocycles. The van der Waals surface area contributed by atoms with Crippen molar-refractivity contribution in [2.45, 2.75) is 0 Å². The Morgan fingerprint density at radius 1 is 1.47 bits per heavy atom. The van der Waals surface area contributed by atoms with Gasteiger partial charge in [-0.3, -0.25) is 10.1 Å². The van der Waals surface area contributed by atoms with Gasteiger partial charge in [-0.15, -0.1) is 0 Å². The fourth-order valence-electron chi connectivity index (χ4n) is 0.969. The fourth-order valence-corrected chi connectivity index (χ4v) is 0.969. The Morgan fingerprint density at radius 3 is 2.47 bits per heavy atom.